The lowest BCUT2D eigenvalue weighted by molar-refractivity contribution is 0.160. The van der Waals surface area contributed by atoms with Crippen LogP contribution in [0.3, 0.4) is 0 Å². The highest BCUT2D eigenvalue weighted by atomic mass is 15.1. The predicted octanol–water partition coefficient (Wildman–Crippen LogP) is 1.91. The Morgan fingerprint density at radius 3 is 2.36 bits per heavy atom. The third kappa shape index (κ3) is 2.12. The zero-order valence-corrected chi connectivity index (χ0v) is 9.60. The van der Waals surface area contributed by atoms with Gasteiger partial charge in [0.25, 0.3) is 0 Å². The fourth-order valence-electron chi connectivity index (χ4n) is 2.84. The average Bonchev–Trinajstić information content (AvgIpc) is 2.19. The molecule has 1 aliphatic heterocycles. The molecule has 1 saturated heterocycles. The number of piperazine rings is 1. The van der Waals surface area contributed by atoms with E-state index in [1.165, 1.54) is 38.6 Å². The van der Waals surface area contributed by atoms with Gasteiger partial charge in [0.2, 0.25) is 0 Å². The molecule has 0 aromatic carbocycles. The van der Waals surface area contributed by atoms with E-state index in [1.807, 2.05) is 0 Å². The quantitative estimate of drug-likeness (QED) is 0.669. The summed E-state index contributed by atoms with van der Waals surface area (Å²) in [6, 6.07) is 0.683. The number of hydrogen-bond acceptors (Lipinski definition) is 2. The van der Waals surface area contributed by atoms with Gasteiger partial charge in [-0.15, -0.1) is 0 Å². The maximum absolute atomic E-state index is 3.80. The van der Waals surface area contributed by atoms with E-state index in [0.29, 0.717) is 11.6 Å². The summed E-state index contributed by atoms with van der Waals surface area (Å²) < 4.78 is 0. The molecular formula is C12H24N2. The molecule has 0 aromatic rings. The molecule has 82 valence electrons. The highest BCUT2D eigenvalue weighted by Crippen LogP contribution is 2.29. The summed E-state index contributed by atoms with van der Waals surface area (Å²) >= 11 is 0. The minimum atomic E-state index is 0.462. The molecule has 1 heterocycles. The van der Waals surface area contributed by atoms with Crippen molar-refractivity contribution in [1.29, 1.82) is 0 Å². The van der Waals surface area contributed by atoms with Crippen molar-refractivity contribution < 1.29 is 0 Å². The molecular weight excluding hydrogens is 172 g/mol. The molecule has 0 bridgehead atoms. The largest absolute Gasteiger partial charge is 0.311 e. The van der Waals surface area contributed by atoms with Crippen LogP contribution < -0.4 is 10.6 Å². The molecule has 1 atom stereocenters. The van der Waals surface area contributed by atoms with Crippen LogP contribution in [0.5, 0.6) is 0 Å². The van der Waals surface area contributed by atoms with E-state index in [4.69, 9.17) is 0 Å². The Morgan fingerprint density at radius 1 is 1.14 bits per heavy atom. The van der Waals surface area contributed by atoms with Crippen LogP contribution in [0.4, 0.5) is 0 Å². The van der Waals surface area contributed by atoms with Crippen LogP contribution in [0, 0.1) is 5.92 Å². The lowest BCUT2D eigenvalue weighted by Crippen LogP contribution is -2.64. The summed E-state index contributed by atoms with van der Waals surface area (Å²) in [5.74, 6) is 0.753. The van der Waals surface area contributed by atoms with Crippen LogP contribution in [-0.4, -0.2) is 24.7 Å². The van der Waals surface area contributed by atoms with Crippen molar-refractivity contribution in [3.63, 3.8) is 0 Å². The molecule has 1 aliphatic carbocycles. The van der Waals surface area contributed by atoms with E-state index in [9.17, 15) is 0 Å². The van der Waals surface area contributed by atoms with Crippen LogP contribution in [-0.2, 0) is 0 Å². The Balaban J connectivity index is 1.87. The molecule has 1 unspecified atom stereocenters. The van der Waals surface area contributed by atoms with Gasteiger partial charge in [-0.1, -0.05) is 33.1 Å². The van der Waals surface area contributed by atoms with E-state index < -0.39 is 0 Å². The van der Waals surface area contributed by atoms with Gasteiger partial charge in [0.15, 0.2) is 0 Å². The van der Waals surface area contributed by atoms with Gasteiger partial charge < -0.3 is 10.6 Å². The van der Waals surface area contributed by atoms with Gasteiger partial charge in [0.1, 0.15) is 0 Å². The van der Waals surface area contributed by atoms with Crippen LogP contribution >= 0.6 is 0 Å². The Hall–Kier alpha value is -0.0800. The zero-order chi connectivity index (χ0) is 10.0. The molecule has 0 radical (unpaired) electrons. The lowest BCUT2D eigenvalue weighted by Gasteiger charge is -2.45. The van der Waals surface area contributed by atoms with Gasteiger partial charge in [-0.25, -0.2) is 0 Å². The van der Waals surface area contributed by atoms with Crippen LogP contribution in [0.25, 0.3) is 0 Å². The number of hydrogen-bond donors (Lipinski definition) is 2. The molecule has 1 spiro atoms. The van der Waals surface area contributed by atoms with Crippen molar-refractivity contribution in [2.24, 2.45) is 5.92 Å². The summed E-state index contributed by atoms with van der Waals surface area (Å²) in [5, 5.41) is 7.52. The SMILES string of the molecule is CC(C)C1CNC2(CCCCC2)CN1. The standard InChI is InChI=1S/C12H24N2/c1-10(2)11-8-14-12(9-13-11)6-4-3-5-7-12/h10-11,13-14H,3-9H2,1-2H3. The highest BCUT2D eigenvalue weighted by molar-refractivity contribution is 4.98. The molecule has 2 aliphatic rings. The topological polar surface area (TPSA) is 24.1 Å². The number of nitrogens with one attached hydrogen (secondary N) is 2. The molecule has 2 N–H and O–H groups in total. The molecule has 14 heavy (non-hydrogen) atoms. The molecule has 0 aromatic heterocycles. The third-order valence-electron chi connectivity index (χ3n) is 4.02. The molecule has 2 nitrogen and oxygen atoms in total. The fourth-order valence-corrected chi connectivity index (χ4v) is 2.84. The van der Waals surface area contributed by atoms with Crippen molar-refractivity contribution in [1.82, 2.24) is 10.6 Å². The summed E-state index contributed by atoms with van der Waals surface area (Å²) in [6.45, 7) is 6.96. The fraction of sp³-hybridized carbons (Fsp3) is 1.00. The van der Waals surface area contributed by atoms with Crippen LogP contribution in [0.2, 0.25) is 0 Å². The average molecular weight is 196 g/mol. The van der Waals surface area contributed by atoms with Gasteiger partial charge >= 0.3 is 0 Å². The van der Waals surface area contributed by atoms with Gasteiger partial charge in [-0.3, -0.25) is 0 Å². The first kappa shape index (κ1) is 10.4. The van der Waals surface area contributed by atoms with Gasteiger partial charge in [-0.2, -0.15) is 0 Å². The predicted molar refractivity (Wildman–Crippen MR) is 60.4 cm³/mol. The Labute approximate surface area is 87.8 Å². The Kier molecular flexibility index (Phi) is 3.13. The third-order valence-corrected chi connectivity index (χ3v) is 4.02. The Bertz CT molecular complexity index is 173. The minimum absolute atomic E-state index is 0.462. The van der Waals surface area contributed by atoms with Crippen molar-refractivity contribution >= 4 is 0 Å². The molecule has 2 rings (SSSR count). The normalized spacial score (nSPS) is 32.4. The van der Waals surface area contributed by atoms with E-state index in [-0.39, 0.29) is 0 Å². The van der Waals surface area contributed by atoms with Crippen molar-refractivity contribution in [3.05, 3.63) is 0 Å². The first-order valence-electron chi connectivity index (χ1n) is 6.20. The van der Waals surface area contributed by atoms with Crippen LogP contribution in [0.15, 0.2) is 0 Å². The van der Waals surface area contributed by atoms with Gasteiger partial charge in [0.05, 0.1) is 0 Å². The zero-order valence-electron chi connectivity index (χ0n) is 9.60. The second-order valence-electron chi connectivity index (χ2n) is 5.45. The Morgan fingerprint density at radius 2 is 1.86 bits per heavy atom. The maximum atomic E-state index is 3.80. The van der Waals surface area contributed by atoms with E-state index >= 15 is 0 Å². The second kappa shape index (κ2) is 4.19. The smallest absolute Gasteiger partial charge is 0.0307 e. The minimum Gasteiger partial charge on any atom is -0.311 e. The van der Waals surface area contributed by atoms with Crippen LogP contribution in [0.1, 0.15) is 46.0 Å². The highest BCUT2D eigenvalue weighted by Gasteiger charge is 2.35. The van der Waals surface area contributed by atoms with Crippen molar-refractivity contribution in [2.45, 2.75) is 57.5 Å². The molecule has 2 heteroatoms. The summed E-state index contributed by atoms with van der Waals surface area (Å²) in [5.41, 5.74) is 0.462. The number of rotatable bonds is 1. The molecule has 2 fully saturated rings. The van der Waals surface area contributed by atoms with Crippen molar-refractivity contribution in [3.8, 4) is 0 Å². The summed E-state index contributed by atoms with van der Waals surface area (Å²) in [4.78, 5) is 0. The first-order valence-corrected chi connectivity index (χ1v) is 6.20. The van der Waals surface area contributed by atoms with E-state index in [1.54, 1.807) is 0 Å². The lowest BCUT2D eigenvalue weighted by atomic mass is 9.79. The second-order valence-corrected chi connectivity index (χ2v) is 5.45. The van der Waals surface area contributed by atoms with E-state index in [2.05, 4.69) is 24.5 Å². The summed E-state index contributed by atoms with van der Waals surface area (Å²) in [7, 11) is 0. The first-order chi connectivity index (χ1) is 6.72. The van der Waals surface area contributed by atoms with Gasteiger partial charge in [-0.05, 0) is 18.8 Å². The maximum Gasteiger partial charge on any atom is 0.0307 e. The summed E-state index contributed by atoms with van der Waals surface area (Å²) in [6.07, 6.45) is 7.04. The molecule has 1 saturated carbocycles. The monoisotopic (exact) mass is 196 g/mol. The van der Waals surface area contributed by atoms with E-state index in [0.717, 1.165) is 12.5 Å². The molecule has 0 amide bonds. The van der Waals surface area contributed by atoms with Gasteiger partial charge in [0, 0.05) is 24.7 Å². The van der Waals surface area contributed by atoms with Crippen molar-refractivity contribution in [2.75, 3.05) is 13.1 Å².